The van der Waals surface area contributed by atoms with Crippen molar-refractivity contribution < 1.29 is 0 Å². The highest BCUT2D eigenvalue weighted by molar-refractivity contribution is 14.1. The maximum absolute atomic E-state index is 3.51. The fraction of sp³-hybridized carbons (Fsp3) is 0.200. The maximum atomic E-state index is 3.51. The lowest BCUT2D eigenvalue weighted by Crippen LogP contribution is -1.80. The zero-order valence-electron chi connectivity index (χ0n) is 7.10. The Morgan fingerprint density at radius 1 is 1.46 bits per heavy atom. The average molecular weight is 367 g/mol. The Morgan fingerprint density at radius 2 is 2.23 bits per heavy atom. The van der Waals surface area contributed by atoms with Crippen molar-refractivity contribution in [3.63, 3.8) is 0 Å². The molecule has 0 aliphatic rings. The van der Waals surface area contributed by atoms with Crippen LogP contribution in [0.5, 0.6) is 0 Å². The van der Waals surface area contributed by atoms with Crippen molar-refractivity contribution in [2.45, 2.75) is 12.3 Å². The van der Waals surface area contributed by atoms with E-state index in [4.69, 9.17) is 0 Å². The van der Waals surface area contributed by atoms with E-state index < -0.39 is 0 Å². The molecule has 0 N–H and O–H groups in total. The van der Waals surface area contributed by atoms with Crippen molar-refractivity contribution in [3.8, 4) is 0 Å². The average Bonchev–Trinajstić information content (AvgIpc) is 2.55. The third kappa shape index (κ3) is 1.66. The summed E-state index contributed by atoms with van der Waals surface area (Å²) in [5.74, 6) is 0. The van der Waals surface area contributed by atoms with Crippen LogP contribution in [0.2, 0.25) is 0 Å². The number of aryl methyl sites for hydroxylation is 1. The third-order valence-electron chi connectivity index (χ3n) is 2.10. The topological polar surface area (TPSA) is 0 Å². The predicted molar refractivity (Wildman–Crippen MR) is 71.9 cm³/mol. The van der Waals surface area contributed by atoms with Crippen LogP contribution in [0, 0.1) is 10.5 Å². The molecule has 0 saturated heterocycles. The number of thiophene rings is 1. The Kier molecular flexibility index (Phi) is 2.95. The van der Waals surface area contributed by atoms with E-state index in [1.807, 2.05) is 11.3 Å². The molecule has 0 bridgehead atoms. The van der Waals surface area contributed by atoms with Crippen LogP contribution in [-0.4, -0.2) is 0 Å². The van der Waals surface area contributed by atoms with Crippen LogP contribution in [0.15, 0.2) is 17.5 Å². The Hall–Kier alpha value is 0.390. The lowest BCUT2D eigenvalue weighted by atomic mass is 10.1. The van der Waals surface area contributed by atoms with E-state index in [2.05, 4.69) is 63.0 Å². The van der Waals surface area contributed by atoms with Crippen LogP contribution >= 0.6 is 49.9 Å². The minimum atomic E-state index is 0.951. The quantitative estimate of drug-likeness (QED) is 0.506. The van der Waals surface area contributed by atoms with Crippen LogP contribution < -0.4 is 0 Å². The summed E-state index contributed by atoms with van der Waals surface area (Å²) in [4.78, 5) is 0. The molecule has 0 fully saturated rings. The smallest absolute Gasteiger partial charge is 0.0482 e. The molecular weight excluding hydrogens is 359 g/mol. The minimum Gasteiger partial charge on any atom is -0.142 e. The van der Waals surface area contributed by atoms with Gasteiger partial charge in [-0.3, -0.25) is 0 Å². The first kappa shape index (κ1) is 9.93. The molecule has 0 amide bonds. The van der Waals surface area contributed by atoms with Gasteiger partial charge in [-0.1, -0.05) is 28.1 Å². The monoisotopic (exact) mass is 366 g/mol. The molecule has 13 heavy (non-hydrogen) atoms. The van der Waals surface area contributed by atoms with Crippen LogP contribution in [0.1, 0.15) is 11.1 Å². The molecule has 0 saturated carbocycles. The van der Waals surface area contributed by atoms with E-state index in [1.165, 1.54) is 24.8 Å². The van der Waals surface area contributed by atoms with Crippen molar-refractivity contribution in [1.82, 2.24) is 0 Å². The van der Waals surface area contributed by atoms with E-state index in [9.17, 15) is 0 Å². The van der Waals surface area contributed by atoms with E-state index in [0.717, 1.165) is 5.33 Å². The highest BCUT2D eigenvalue weighted by Crippen LogP contribution is 2.32. The molecule has 1 aromatic heterocycles. The molecule has 0 nitrogen and oxygen atoms in total. The van der Waals surface area contributed by atoms with Crippen molar-refractivity contribution >= 4 is 59.9 Å². The first-order chi connectivity index (χ1) is 6.24. The number of alkyl halides is 1. The summed E-state index contributed by atoms with van der Waals surface area (Å²) in [6.07, 6.45) is 0. The summed E-state index contributed by atoms with van der Waals surface area (Å²) in [6, 6.07) is 4.42. The molecule has 0 atom stereocenters. The van der Waals surface area contributed by atoms with Gasteiger partial charge in [0.05, 0.1) is 0 Å². The molecule has 0 aliphatic heterocycles. The second kappa shape index (κ2) is 3.87. The van der Waals surface area contributed by atoms with Gasteiger partial charge in [0.2, 0.25) is 0 Å². The third-order valence-corrected chi connectivity index (χ3v) is 5.52. The molecule has 0 unspecified atom stereocenters. The second-order valence-corrected chi connectivity index (χ2v) is 5.49. The maximum Gasteiger partial charge on any atom is 0.0482 e. The van der Waals surface area contributed by atoms with Crippen LogP contribution in [0.25, 0.3) is 10.1 Å². The molecule has 1 heterocycles. The summed E-state index contributed by atoms with van der Waals surface area (Å²) in [7, 11) is 0. The molecule has 0 radical (unpaired) electrons. The SMILES string of the molecule is Cc1ccc2c(CBr)csc2c1I. The number of rotatable bonds is 1. The van der Waals surface area contributed by atoms with Crippen molar-refractivity contribution in [2.75, 3.05) is 0 Å². The molecule has 2 rings (SSSR count). The first-order valence-electron chi connectivity index (χ1n) is 3.95. The molecular formula is C10H8BrIS. The first-order valence-corrected chi connectivity index (χ1v) is 7.03. The number of benzene rings is 1. The van der Waals surface area contributed by atoms with Gasteiger partial charge < -0.3 is 0 Å². The van der Waals surface area contributed by atoms with Crippen molar-refractivity contribution in [3.05, 3.63) is 32.2 Å². The molecule has 0 spiro atoms. The number of fused-ring (bicyclic) bond motifs is 1. The van der Waals surface area contributed by atoms with E-state index >= 15 is 0 Å². The lowest BCUT2D eigenvalue weighted by molar-refractivity contribution is 1.46. The van der Waals surface area contributed by atoms with Gasteiger partial charge in [0.1, 0.15) is 0 Å². The van der Waals surface area contributed by atoms with Gasteiger partial charge in [0.25, 0.3) is 0 Å². The summed E-state index contributed by atoms with van der Waals surface area (Å²) < 4.78 is 2.82. The van der Waals surface area contributed by atoms with E-state index in [-0.39, 0.29) is 0 Å². The Balaban J connectivity index is 2.81. The minimum absolute atomic E-state index is 0.951. The van der Waals surface area contributed by atoms with Gasteiger partial charge in [-0.2, -0.15) is 0 Å². The van der Waals surface area contributed by atoms with Crippen LogP contribution in [0.4, 0.5) is 0 Å². The number of hydrogen-bond donors (Lipinski definition) is 0. The molecule has 68 valence electrons. The van der Waals surface area contributed by atoms with Crippen molar-refractivity contribution in [1.29, 1.82) is 0 Å². The van der Waals surface area contributed by atoms with Gasteiger partial charge in [-0.25, -0.2) is 0 Å². The van der Waals surface area contributed by atoms with Gasteiger partial charge in [-0.15, -0.1) is 11.3 Å². The Morgan fingerprint density at radius 3 is 2.92 bits per heavy atom. The molecule has 3 heteroatoms. The largest absolute Gasteiger partial charge is 0.142 e. The number of hydrogen-bond acceptors (Lipinski definition) is 1. The summed E-state index contributed by atoms with van der Waals surface area (Å²) in [5.41, 5.74) is 2.77. The Labute approximate surface area is 104 Å². The summed E-state index contributed by atoms with van der Waals surface area (Å²) >= 11 is 7.77. The zero-order valence-corrected chi connectivity index (χ0v) is 11.7. The normalized spacial score (nSPS) is 11.0. The Bertz CT molecular complexity index is 447. The fourth-order valence-corrected chi connectivity index (χ4v) is 3.91. The highest BCUT2D eigenvalue weighted by Gasteiger charge is 2.06. The van der Waals surface area contributed by atoms with Crippen LogP contribution in [0.3, 0.4) is 0 Å². The lowest BCUT2D eigenvalue weighted by Gasteiger charge is -1.99. The standard InChI is InChI=1S/C10H8BrIS/c1-6-2-3-8-7(4-11)5-13-10(8)9(6)12/h2-3,5H,4H2,1H3. The number of halogens is 2. The zero-order chi connectivity index (χ0) is 9.42. The second-order valence-electron chi connectivity index (χ2n) is 2.97. The van der Waals surface area contributed by atoms with Gasteiger partial charge in [0.15, 0.2) is 0 Å². The van der Waals surface area contributed by atoms with E-state index in [1.54, 1.807) is 0 Å². The molecule has 1 aromatic carbocycles. The van der Waals surface area contributed by atoms with Gasteiger partial charge in [-0.05, 0) is 51.4 Å². The van der Waals surface area contributed by atoms with E-state index in [0.29, 0.717) is 0 Å². The fourth-order valence-electron chi connectivity index (χ4n) is 1.32. The van der Waals surface area contributed by atoms with Gasteiger partial charge in [0, 0.05) is 13.6 Å². The molecule has 2 aromatic rings. The molecule has 0 aliphatic carbocycles. The summed E-state index contributed by atoms with van der Waals surface area (Å²) in [6.45, 7) is 2.16. The van der Waals surface area contributed by atoms with Crippen molar-refractivity contribution in [2.24, 2.45) is 0 Å². The summed E-state index contributed by atoms with van der Waals surface area (Å²) in [5, 5.41) is 4.59. The van der Waals surface area contributed by atoms with Crippen LogP contribution in [-0.2, 0) is 5.33 Å². The highest BCUT2D eigenvalue weighted by atomic mass is 127. The predicted octanol–water partition coefficient (Wildman–Crippen LogP) is 4.71. The van der Waals surface area contributed by atoms with Gasteiger partial charge >= 0.3 is 0 Å².